The van der Waals surface area contributed by atoms with E-state index in [-0.39, 0.29) is 0 Å². The van der Waals surface area contributed by atoms with Crippen LogP contribution in [-0.4, -0.2) is 0 Å². The van der Waals surface area contributed by atoms with Crippen molar-refractivity contribution in [3.63, 3.8) is 0 Å². The van der Waals surface area contributed by atoms with Gasteiger partial charge in [-0.15, -0.1) is 0 Å². The average Bonchev–Trinajstić information content (AvgIpc) is 2.66. The molecule has 0 spiro atoms. The summed E-state index contributed by atoms with van der Waals surface area (Å²) in [6.45, 7) is 2.20. The molecule has 0 saturated carbocycles. The second kappa shape index (κ2) is 5.67. The first kappa shape index (κ1) is 15.1. The fraction of sp³-hybridized carbons (Fsp3) is 0.0800. The Labute approximate surface area is 153 Å². The lowest BCUT2D eigenvalue weighted by atomic mass is 9.94. The summed E-state index contributed by atoms with van der Waals surface area (Å²) in [4.78, 5) is 0. The molecule has 0 aliphatic rings. The molecule has 0 bridgehead atoms. The van der Waals surface area contributed by atoms with Crippen LogP contribution < -0.4 is 4.57 Å². The Hall–Kier alpha value is -3.19. The molecule has 0 N–H and O–H groups in total. The Kier molecular flexibility index (Phi) is 3.29. The summed E-state index contributed by atoms with van der Waals surface area (Å²) in [5.74, 6) is 0. The number of benzene rings is 4. The first-order chi connectivity index (χ1) is 12.7. The highest BCUT2D eigenvalue weighted by molar-refractivity contribution is 6.13. The van der Waals surface area contributed by atoms with Crippen molar-refractivity contribution in [2.45, 2.75) is 6.92 Å². The lowest BCUT2D eigenvalue weighted by Gasteiger charge is -2.10. The minimum Gasteiger partial charge on any atom is -0.201 e. The predicted molar refractivity (Wildman–Crippen MR) is 110 cm³/mol. The molecule has 4 aromatic carbocycles. The number of fused-ring (bicyclic) bond motifs is 4. The molecule has 0 saturated heterocycles. The van der Waals surface area contributed by atoms with Crippen LogP contribution in [0.3, 0.4) is 0 Å². The topological polar surface area (TPSA) is 3.88 Å². The Morgan fingerprint density at radius 1 is 0.615 bits per heavy atom. The third-order valence-corrected chi connectivity index (χ3v) is 5.38. The number of aryl methyl sites for hydroxylation is 2. The SMILES string of the molecule is Cc1cc2ccc3cc4ccccc4cc3c2cc1-c1cccc[n+]1C. The zero-order chi connectivity index (χ0) is 17.7. The maximum absolute atomic E-state index is 2.36. The van der Waals surface area contributed by atoms with E-state index >= 15 is 0 Å². The van der Waals surface area contributed by atoms with Crippen molar-refractivity contribution in [3.05, 3.63) is 90.6 Å². The van der Waals surface area contributed by atoms with Crippen molar-refractivity contribution < 1.29 is 4.57 Å². The Bertz CT molecular complexity index is 1300. The van der Waals surface area contributed by atoms with E-state index in [1.165, 1.54) is 49.1 Å². The van der Waals surface area contributed by atoms with Crippen molar-refractivity contribution in [1.82, 2.24) is 0 Å². The molecule has 0 aliphatic heterocycles. The van der Waals surface area contributed by atoms with E-state index in [0.717, 1.165) is 0 Å². The van der Waals surface area contributed by atoms with E-state index in [1.807, 2.05) is 0 Å². The van der Waals surface area contributed by atoms with Crippen LogP contribution in [0.4, 0.5) is 0 Å². The molecule has 1 nitrogen and oxygen atoms in total. The molecule has 1 heterocycles. The standard InChI is InChI=1S/C25H20N/c1-17-13-20-10-11-21-14-18-7-3-4-8-19(18)15-23(21)24(20)16-22(17)25-9-5-6-12-26(25)2/h3-16H,1-2H3/q+1. The van der Waals surface area contributed by atoms with Gasteiger partial charge >= 0.3 is 0 Å². The van der Waals surface area contributed by atoms with E-state index < -0.39 is 0 Å². The summed E-state index contributed by atoms with van der Waals surface area (Å²) in [5.41, 5.74) is 3.84. The Balaban J connectivity index is 1.89. The zero-order valence-electron chi connectivity index (χ0n) is 15.0. The number of rotatable bonds is 1. The molecule has 1 heteroatoms. The van der Waals surface area contributed by atoms with Crippen LogP contribution in [0.15, 0.2) is 85.1 Å². The van der Waals surface area contributed by atoms with Gasteiger partial charge in [-0.25, -0.2) is 4.57 Å². The largest absolute Gasteiger partial charge is 0.212 e. The van der Waals surface area contributed by atoms with Crippen molar-refractivity contribution in [1.29, 1.82) is 0 Å². The smallest absolute Gasteiger partial charge is 0.201 e. The number of pyridine rings is 1. The highest BCUT2D eigenvalue weighted by atomic mass is 14.9. The second-order valence-corrected chi connectivity index (χ2v) is 7.07. The van der Waals surface area contributed by atoms with Gasteiger partial charge < -0.3 is 0 Å². The average molecular weight is 334 g/mol. The number of nitrogens with zero attached hydrogens (tertiary/aromatic N) is 1. The summed E-state index contributed by atoms with van der Waals surface area (Å²) in [7, 11) is 2.11. The Morgan fingerprint density at radius 2 is 1.27 bits per heavy atom. The van der Waals surface area contributed by atoms with Gasteiger partial charge in [-0.3, -0.25) is 0 Å². The molecule has 0 atom stereocenters. The molecule has 26 heavy (non-hydrogen) atoms. The summed E-state index contributed by atoms with van der Waals surface area (Å²) >= 11 is 0. The fourth-order valence-electron chi connectivity index (χ4n) is 3.99. The van der Waals surface area contributed by atoms with Gasteiger partial charge in [-0.05, 0) is 69.1 Å². The molecule has 0 aliphatic carbocycles. The summed E-state index contributed by atoms with van der Waals surface area (Å²) in [6.07, 6.45) is 2.11. The lowest BCUT2D eigenvalue weighted by Crippen LogP contribution is -2.30. The van der Waals surface area contributed by atoms with E-state index in [0.29, 0.717) is 0 Å². The van der Waals surface area contributed by atoms with Gasteiger partial charge in [-0.2, -0.15) is 0 Å². The number of hydrogen-bond acceptors (Lipinski definition) is 0. The summed E-state index contributed by atoms with van der Waals surface area (Å²) in [6, 6.07) is 28.7. The normalized spacial score (nSPS) is 11.5. The first-order valence-electron chi connectivity index (χ1n) is 9.02. The fourth-order valence-corrected chi connectivity index (χ4v) is 3.99. The molecular formula is C25H20N+. The van der Waals surface area contributed by atoms with Gasteiger partial charge in [0.2, 0.25) is 5.69 Å². The van der Waals surface area contributed by atoms with Gasteiger partial charge in [0.15, 0.2) is 6.20 Å². The van der Waals surface area contributed by atoms with Crippen LogP contribution in [0, 0.1) is 6.92 Å². The lowest BCUT2D eigenvalue weighted by molar-refractivity contribution is -0.660. The maximum Gasteiger partial charge on any atom is 0.212 e. The van der Waals surface area contributed by atoms with Gasteiger partial charge in [0.1, 0.15) is 7.05 Å². The summed E-state index contributed by atoms with van der Waals surface area (Å²) in [5, 5.41) is 7.82. The number of hydrogen-bond donors (Lipinski definition) is 0. The molecule has 5 aromatic rings. The van der Waals surface area contributed by atoms with Crippen LogP contribution in [0.25, 0.3) is 43.6 Å². The van der Waals surface area contributed by atoms with Crippen molar-refractivity contribution >= 4 is 32.3 Å². The summed E-state index contributed by atoms with van der Waals surface area (Å²) < 4.78 is 2.19. The van der Waals surface area contributed by atoms with Crippen LogP contribution in [0.2, 0.25) is 0 Å². The molecule has 0 fully saturated rings. The minimum absolute atomic E-state index is 1.24. The highest BCUT2D eigenvalue weighted by Gasteiger charge is 2.13. The second-order valence-electron chi connectivity index (χ2n) is 7.07. The van der Waals surface area contributed by atoms with Crippen LogP contribution in [0.1, 0.15) is 5.56 Å². The third kappa shape index (κ3) is 2.28. The van der Waals surface area contributed by atoms with Gasteiger partial charge in [0.25, 0.3) is 0 Å². The minimum atomic E-state index is 1.24. The van der Waals surface area contributed by atoms with Crippen LogP contribution in [0.5, 0.6) is 0 Å². The van der Waals surface area contributed by atoms with Crippen LogP contribution >= 0.6 is 0 Å². The van der Waals surface area contributed by atoms with E-state index in [4.69, 9.17) is 0 Å². The van der Waals surface area contributed by atoms with Crippen molar-refractivity contribution in [2.24, 2.45) is 7.05 Å². The van der Waals surface area contributed by atoms with Gasteiger partial charge in [-0.1, -0.05) is 42.5 Å². The Morgan fingerprint density at radius 3 is 2.04 bits per heavy atom. The molecule has 5 rings (SSSR count). The van der Waals surface area contributed by atoms with Gasteiger partial charge in [0, 0.05) is 17.7 Å². The molecule has 1 aromatic heterocycles. The maximum atomic E-state index is 2.36. The van der Waals surface area contributed by atoms with Crippen LogP contribution in [-0.2, 0) is 7.05 Å². The third-order valence-electron chi connectivity index (χ3n) is 5.38. The van der Waals surface area contributed by atoms with E-state index in [9.17, 15) is 0 Å². The predicted octanol–water partition coefficient (Wildman–Crippen LogP) is 5.95. The van der Waals surface area contributed by atoms with E-state index in [2.05, 4.69) is 104 Å². The van der Waals surface area contributed by atoms with Gasteiger partial charge in [0.05, 0.1) is 0 Å². The van der Waals surface area contributed by atoms with Crippen molar-refractivity contribution in [3.8, 4) is 11.3 Å². The van der Waals surface area contributed by atoms with E-state index in [1.54, 1.807) is 0 Å². The molecule has 0 radical (unpaired) electrons. The first-order valence-corrected chi connectivity index (χ1v) is 9.02. The number of aromatic nitrogens is 1. The van der Waals surface area contributed by atoms with Crippen molar-refractivity contribution in [2.75, 3.05) is 0 Å². The molecular weight excluding hydrogens is 314 g/mol. The molecule has 0 unspecified atom stereocenters. The molecule has 124 valence electrons. The monoisotopic (exact) mass is 334 g/mol. The molecule has 0 amide bonds. The highest BCUT2D eigenvalue weighted by Crippen LogP contribution is 2.33. The quantitative estimate of drug-likeness (QED) is 0.203. The zero-order valence-corrected chi connectivity index (χ0v) is 15.0.